The number of H-pyrrole nitrogens is 1. The maximum Gasteiger partial charge on any atom is 0.345 e. The molecule has 3 rings (SSSR count). The molecule has 1 aromatic heterocycles. The number of hydrogen-bond donors (Lipinski definition) is 2. The van der Waals surface area contributed by atoms with E-state index in [0.717, 1.165) is 30.1 Å². The van der Waals surface area contributed by atoms with Gasteiger partial charge in [0.05, 0.1) is 35.1 Å². The van der Waals surface area contributed by atoms with Crippen molar-refractivity contribution in [3.05, 3.63) is 55.9 Å². The van der Waals surface area contributed by atoms with Crippen LogP contribution in [0.5, 0.6) is 0 Å². The molecule has 178 valence electrons. The lowest BCUT2D eigenvalue weighted by molar-refractivity contribution is -0.119. The topological polar surface area (TPSA) is 114 Å². The third-order valence-corrected chi connectivity index (χ3v) is 6.38. The van der Waals surface area contributed by atoms with Crippen LogP contribution in [0.4, 0.5) is 0 Å². The van der Waals surface area contributed by atoms with E-state index in [1.165, 1.54) is 0 Å². The molecule has 1 saturated heterocycles. The minimum Gasteiger partial charge on any atom is -0.462 e. The van der Waals surface area contributed by atoms with E-state index in [9.17, 15) is 14.4 Å². The number of halogens is 2. The molecular weight excluding hydrogens is 491 g/mol. The number of nitrogens with one attached hydrogen (secondary N) is 2. The van der Waals surface area contributed by atoms with E-state index in [1.807, 2.05) is 12.1 Å². The summed E-state index contributed by atoms with van der Waals surface area (Å²) in [6.07, 6.45) is 1.01. The summed E-state index contributed by atoms with van der Waals surface area (Å²) in [6.45, 7) is 4.89. The van der Waals surface area contributed by atoms with Crippen molar-refractivity contribution in [1.82, 2.24) is 20.2 Å². The Morgan fingerprint density at radius 3 is 2.91 bits per heavy atom. The lowest BCUT2D eigenvalue weighted by Crippen LogP contribution is -2.47. The summed E-state index contributed by atoms with van der Waals surface area (Å²) < 4.78 is 10.5. The summed E-state index contributed by atoms with van der Waals surface area (Å²) in [5, 5.41) is 4.13. The van der Waals surface area contributed by atoms with Crippen molar-refractivity contribution in [3.8, 4) is 0 Å². The normalized spacial score (nSPS) is 16.4. The van der Waals surface area contributed by atoms with Crippen LogP contribution >= 0.6 is 35.0 Å². The molecule has 1 atom stereocenters. The number of nitrogens with zero attached hydrogens (tertiary/aromatic N) is 2. The largest absolute Gasteiger partial charge is 0.462 e. The van der Waals surface area contributed by atoms with Crippen molar-refractivity contribution >= 4 is 46.8 Å². The highest BCUT2D eigenvalue weighted by Crippen LogP contribution is 2.23. The lowest BCUT2D eigenvalue weighted by atomic mass is 10.2. The number of amides is 1. The van der Waals surface area contributed by atoms with E-state index < -0.39 is 11.5 Å². The number of carbonyl (C=O) groups is 2. The van der Waals surface area contributed by atoms with Crippen LogP contribution in [-0.4, -0.2) is 71.4 Å². The first-order chi connectivity index (χ1) is 15.9. The van der Waals surface area contributed by atoms with Gasteiger partial charge in [-0.25, -0.2) is 9.78 Å². The van der Waals surface area contributed by atoms with Gasteiger partial charge in [-0.15, -0.1) is 0 Å². The molecule has 0 bridgehead atoms. The predicted molar refractivity (Wildman–Crippen MR) is 126 cm³/mol. The highest BCUT2D eigenvalue weighted by Gasteiger charge is 2.21. The standard InChI is InChI=1S/C21H24Cl2N4O5S/c1-2-31-20(30)15-9-25-21(26-19(15)29)33-12-18(28)24-8-14-11-27(5-6-32-14)10-13-3-4-16(22)17(23)7-13/h3-4,7,9,14H,2,5-6,8,10-12H2,1H3,(H,24,28)(H,25,26,29)/t14-/m0/s1. The predicted octanol–water partition coefficient (Wildman–Crippen LogP) is 2.36. The zero-order valence-electron chi connectivity index (χ0n) is 17.9. The van der Waals surface area contributed by atoms with Gasteiger partial charge in [0.2, 0.25) is 5.91 Å². The molecule has 9 nitrogen and oxygen atoms in total. The minimum absolute atomic E-state index is 0.0569. The van der Waals surface area contributed by atoms with Crippen LogP contribution in [0.3, 0.4) is 0 Å². The van der Waals surface area contributed by atoms with Crippen molar-refractivity contribution in [3.63, 3.8) is 0 Å². The first kappa shape index (κ1) is 25.5. The number of hydrogen-bond acceptors (Lipinski definition) is 8. The van der Waals surface area contributed by atoms with Crippen molar-refractivity contribution in [1.29, 1.82) is 0 Å². The second kappa shape index (κ2) is 12.4. The molecule has 1 fully saturated rings. The fourth-order valence-corrected chi connectivity index (χ4v) is 4.15. The number of aromatic amines is 1. The lowest BCUT2D eigenvalue weighted by Gasteiger charge is -2.33. The van der Waals surface area contributed by atoms with Gasteiger partial charge in [-0.05, 0) is 24.6 Å². The van der Waals surface area contributed by atoms with Crippen LogP contribution in [0.2, 0.25) is 10.0 Å². The Bertz CT molecular complexity index is 1050. The van der Waals surface area contributed by atoms with Crippen molar-refractivity contribution in [2.45, 2.75) is 24.7 Å². The summed E-state index contributed by atoms with van der Waals surface area (Å²) in [5.74, 6) is -0.898. The number of ether oxygens (including phenoxy) is 2. The summed E-state index contributed by atoms with van der Waals surface area (Å²) in [7, 11) is 0. The summed E-state index contributed by atoms with van der Waals surface area (Å²) >= 11 is 13.1. The average Bonchev–Trinajstić information content (AvgIpc) is 2.79. The van der Waals surface area contributed by atoms with Crippen molar-refractivity contribution in [2.24, 2.45) is 0 Å². The number of thioether (sulfide) groups is 1. The van der Waals surface area contributed by atoms with Gasteiger partial charge in [0.15, 0.2) is 5.16 Å². The zero-order valence-corrected chi connectivity index (χ0v) is 20.3. The van der Waals surface area contributed by atoms with Gasteiger partial charge in [0, 0.05) is 32.4 Å². The second-order valence-electron chi connectivity index (χ2n) is 7.22. The van der Waals surface area contributed by atoms with Crippen molar-refractivity contribution < 1.29 is 19.1 Å². The fourth-order valence-electron chi connectivity index (χ4n) is 3.16. The van der Waals surface area contributed by atoms with Crippen LogP contribution < -0.4 is 10.9 Å². The van der Waals surface area contributed by atoms with Gasteiger partial charge in [-0.2, -0.15) is 0 Å². The van der Waals surface area contributed by atoms with E-state index in [0.29, 0.717) is 36.3 Å². The molecule has 0 radical (unpaired) electrons. The van der Waals surface area contributed by atoms with Crippen molar-refractivity contribution in [2.75, 3.05) is 38.6 Å². The molecule has 12 heteroatoms. The highest BCUT2D eigenvalue weighted by atomic mass is 35.5. The van der Waals surface area contributed by atoms with E-state index in [1.54, 1.807) is 13.0 Å². The van der Waals surface area contributed by atoms with E-state index in [4.69, 9.17) is 32.7 Å². The van der Waals surface area contributed by atoms with Crippen LogP contribution in [0.15, 0.2) is 34.3 Å². The van der Waals surface area contributed by atoms with Gasteiger partial charge < -0.3 is 19.8 Å². The van der Waals surface area contributed by atoms with Crippen LogP contribution in [-0.2, 0) is 20.8 Å². The van der Waals surface area contributed by atoms with Crippen LogP contribution in [0.1, 0.15) is 22.8 Å². The van der Waals surface area contributed by atoms with Crippen LogP contribution in [0, 0.1) is 0 Å². The number of esters is 1. The van der Waals surface area contributed by atoms with Gasteiger partial charge in [-0.3, -0.25) is 14.5 Å². The first-order valence-electron chi connectivity index (χ1n) is 10.3. The van der Waals surface area contributed by atoms with Gasteiger partial charge in [-0.1, -0.05) is 41.0 Å². The fraction of sp³-hybridized carbons (Fsp3) is 0.429. The Balaban J connectivity index is 1.43. The van der Waals surface area contributed by atoms with E-state index in [2.05, 4.69) is 20.2 Å². The third-order valence-electron chi connectivity index (χ3n) is 4.75. The third kappa shape index (κ3) is 7.72. The molecule has 2 N–H and O–H groups in total. The molecule has 2 heterocycles. The number of benzene rings is 1. The average molecular weight is 515 g/mol. The molecule has 1 aromatic carbocycles. The SMILES string of the molecule is CCOC(=O)c1cnc(SCC(=O)NC[C@H]2CN(Cc3ccc(Cl)c(Cl)c3)CCO2)[nH]c1=O. The van der Waals surface area contributed by atoms with E-state index >= 15 is 0 Å². The Kier molecular flexibility index (Phi) is 9.57. The van der Waals surface area contributed by atoms with Gasteiger partial charge >= 0.3 is 5.97 Å². The highest BCUT2D eigenvalue weighted by molar-refractivity contribution is 7.99. The second-order valence-corrected chi connectivity index (χ2v) is 9.00. The number of rotatable bonds is 9. The molecule has 33 heavy (non-hydrogen) atoms. The molecule has 0 unspecified atom stereocenters. The van der Waals surface area contributed by atoms with Gasteiger partial charge in [0.1, 0.15) is 5.56 Å². The Hall–Kier alpha value is -2.11. The number of carbonyl (C=O) groups excluding carboxylic acids is 2. The first-order valence-corrected chi connectivity index (χ1v) is 12.0. The molecule has 0 spiro atoms. The molecule has 0 saturated carbocycles. The number of aromatic nitrogens is 2. The van der Waals surface area contributed by atoms with Crippen LogP contribution in [0.25, 0.3) is 0 Å². The monoisotopic (exact) mass is 514 g/mol. The molecular formula is C21H24Cl2N4O5S. The molecule has 0 aliphatic carbocycles. The summed E-state index contributed by atoms with van der Waals surface area (Å²) in [6, 6.07) is 5.57. The van der Waals surface area contributed by atoms with E-state index in [-0.39, 0.29) is 35.1 Å². The molecule has 1 amide bonds. The Morgan fingerprint density at radius 2 is 2.18 bits per heavy atom. The minimum atomic E-state index is -0.735. The molecule has 1 aliphatic heterocycles. The molecule has 1 aliphatic rings. The quantitative estimate of drug-likeness (QED) is 0.297. The maximum absolute atomic E-state index is 12.2. The summed E-state index contributed by atoms with van der Waals surface area (Å²) in [5.41, 5.74) is 0.274. The zero-order chi connectivity index (χ0) is 23.8. The maximum atomic E-state index is 12.2. The molecule has 2 aromatic rings. The Morgan fingerprint density at radius 1 is 1.36 bits per heavy atom. The Labute approximate surface area is 205 Å². The smallest absolute Gasteiger partial charge is 0.345 e. The summed E-state index contributed by atoms with van der Waals surface area (Å²) in [4.78, 5) is 44.6. The number of morpholine rings is 1. The van der Waals surface area contributed by atoms with Gasteiger partial charge in [0.25, 0.3) is 5.56 Å².